The molecular weight excluding hydrogens is 124 g/mol. The molecule has 1 N–H and O–H groups in total. The van der Waals surface area contributed by atoms with Crippen molar-refractivity contribution in [2.75, 3.05) is 0 Å². The zero-order chi connectivity index (χ0) is 7.40. The first-order valence-corrected chi connectivity index (χ1v) is 3.13. The molecule has 0 saturated heterocycles. The van der Waals surface area contributed by atoms with Crippen LogP contribution in [0.25, 0.3) is 0 Å². The van der Waals surface area contributed by atoms with Crippen molar-refractivity contribution in [2.45, 2.75) is 6.42 Å². The van der Waals surface area contributed by atoms with E-state index in [0.29, 0.717) is 12.2 Å². The Hall–Kier alpha value is -1.24. The molecule has 0 fully saturated rings. The first-order valence-electron chi connectivity index (χ1n) is 3.13. The molecule has 0 aliphatic carbocycles. The lowest BCUT2D eigenvalue weighted by Crippen LogP contribution is -1.79. The third kappa shape index (κ3) is 1.38. The molecule has 1 radical (unpaired) electrons. The Bertz CT molecular complexity index is 228. The molecule has 0 saturated carbocycles. The molecule has 0 spiro atoms. The molecule has 0 bridgehead atoms. The molecule has 0 aliphatic heterocycles. The minimum absolute atomic E-state index is 0.318. The molecule has 0 amide bonds. The van der Waals surface area contributed by atoms with E-state index >= 15 is 0 Å². The second-order valence-electron chi connectivity index (χ2n) is 2.05. The van der Waals surface area contributed by atoms with Crippen molar-refractivity contribution in [2.24, 2.45) is 0 Å². The Labute approximate surface area is 60.6 Å². The molecule has 51 valence electrons. The third-order valence-electron chi connectivity index (χ3n) is 1.29. The van der Waals surface area contributed by atoms with Crippen LogP contribution in [0.3, 0.4) is 0 Å². The lowest BCUT2D eigenvalue weighted by molar-refractivity contribution is 0.469. The molecule has 0 aromatic heterocycles. The lowest BCUT2D eigenvalue weighted by Gasteiger charge is -1.97. The first-order chi connectivity index (χ1) is 4.84. The van der Waals surface area contributed by atoms with E-state index in [1.54, 1.807) is 24.3 Å². The fourth-order valence-electron chi connectivity index (χ4n) is 0.776. The smallest absolute Gasteiger partial charge is 0.119 e. The summed E-state index contributed by atoms with van der Waals surface area (Å²) < 4.78 is 0. The van der Waals surface area contributed by atoms with Gasteiger partial charge < -0.3 is 5.11 Å². The van der Waals surface area contributed by atoms with Crippen LogP contribution in [0.1, 0.15) is 5.56 Å². The Morgan fingerprint density at radius 1 is 1.70 bits per heavy atom. The van der Waals surface area contributed by atoms with Crippen LogP contribution in [0.4, 0.5) is 0 Å². The van der Waals surface area contributed by atoms with Crippen molar-refractivity contribution < 1.29 is 5.11 Å². The molecule has 1 nitrogen and oxygen atoms in total. The van der Waals surface area contributed by atoms with Gasteiger partial charge >= 0.3 is 0 Å². The molecule has 0 atom stereocenters. The molecule has 10 heavy (non-hydrogen) atoms. The van der Waals surface area contributed by atoms with Gasteiger partial charge in [-0.05, 0) is 30.2 Å². The highest BCUT2D eigenvalue weighted by molar-refractivity contribution is 5.32. The summed E-state index contributed by atoms with van der Waals surface area (Å²) in [5.74, 6) is 0.318. The zero-order valence-corrected chi connectivity index (χ0v) is 5.67. The fraction of sp³-hybridized carbons (Fsp3) is 0.111. The van der Waals surface area contributed by atoms with Crippen molar-refractivity contribution in [3.63, 3.8) is 0 Å². The van der Waals surface area contributed by atoms with E-state index in [1.807, 2.05) is 0 Å². The second kappa shape index (κ2) is 3.06. The Morgan fingerprint density at radius 2 is 2.50 bits per heavy atom. The normalized spacial score (nSPS) is 9.20. The number of allylic oxidation sites excluding steroid dienone is 1. The van der Waals surface area contributed by atoms with E-state index in [0.717, 1.165) is 5.56 Å². The molecule has 0 aliphatic rings. The summed E-state index contributed by atoms with van der Waals surface area (Å²) in [5, 5.41) is 9.17. The predicted octanol–water partition coefficient (Wildman–Crippen LogP) is 1.92. The molecule has 0 heterocycles. The minimum Gasteiger partial charge on any atom is -0.508 e. The second-order valence-corrected chi connectivity index (χ2v) is 2.05. The van der Waals surface area contributed by atoms with Gasteiger partial charge in [0.2, 0.25) is 0 Å². The summed E-state index contributed by atoms with van der Waals surface area (Å²) in [4.78, 5) is 0. The lowest BCUT2D eigenvalue weighted by atomic mass is 10.1. The van der Waals surface area contributed by atoms with Gasteiger partial charge in [0.05, 0.1) is 0 Å². The van der Waals surface area contributed by atoms with Crippen LogP contribution in [-0.2, 0) is 6.42 Å². The van der Waals surface area contributed by atoms with Crippen molar-refractivity contribution in [1.82, 2.24) is 0 Å². The van der Waals surface area contributed by atoms with Gasteiger partial charge in [-0.25, -0.2) is 0 Å². The third-order valence-corrected chi connectivity index (χ3v) is 1.29. The predicted molar refractivity (Wildman–Crippen MR) is 40.8 cm³/mol. The minimum atomic E-state index is 0.318. The van der Waals surface area contributed by atoms with Crippen molar-refractivity contribution in [1.29, 1.82) is 0 Å². The van der Waals surface area contributed by atoms with E-state index in [9.17, 15) is 5.11 Å². The summed E-state index contributed by atoms with van der Waals surface area (Å²) in [6, 6.07) is 7.95. The van der Waals surface area contributed by atoms with Crippen LogP contribution >= 0.6 is 0 Å². The molecule has 1 aromatic rings. The monoisotopic (exact) mass is 133 g/mol. The van der Waals surface area contributed by atoms with E-state index < -0.39 is 0 Å². The average molecular weight is 133 g/mol. The van der Waals surface area contributed by atoms with Gasteiger partial charge in [-0.1, -0.05) is 12.1 Å². The van der Waals surface area contributed by atoms with Crippen LogP contribution in [0.5, 0.6) is 5.75 Å². The van der Waals surface area contributed by atoms with Crippen LogP contribution in [0.2, 0.25) is 0 Å². The highest BCUT2D eigenvalue weighted by atomic mass is 16.3. The fourth-order valence-corrected chi connectivity index (χ4v) is 0.776. The van der Waals surface area contributed by atoms with Crippen LogP contribution in [0.15, 0.2) is 30.9 Å². The summed E-state index contributed by atoms with van der Waals surface area (Å²) in [6.45, 7) is 3.57. The number of hydrogen-bond acceptors (Lipinski definition) is 1. The SMILES string of the molecule is C=CCc1c[c]ccc1O. The molecule has 0 unspecified atom stereocenters. The van der Waals surface area contributed by atoms with Crippen molar-refractivity contribution in [3.8, 4) is 5.75 Å². The Morgan fingerprint density at radius 3 is 3.10 bits per heavy atom. The van der Waals surface area contributed by atoms with E-state index in [-0.39, 0.29) is 0 Å². The maximum Gasteiger partial charge on any atom is 0.119 e. The van der Waals surface area contributed by atoms with E-state index in [4.69, 9.17) is 0 Å². The summed E-state index contributed by atoms with van der Waals surface area (Å²) in [5.41, 5.74) is 0.873. The summed E-state index contributed by atoms with van der Waals surface area (Å²) in [7, 11) is 0. The molecule has 1 heteroatoms. The van der Waals surface area contributed by atoms with Crippen LogP contribution in [0, 0.1) is 6.07 Å². The van der Waals surface area contributed by atoms with Crippen molar-refractivity contribution in [3.05, 3.63) is 42.5 Å². The summed E-state index contributed by atoms with van der Waals surface area (Å²) >= 11 is 0. The average Bonchev–Trinajstić information content (AvgIpc) is 1.94. The highest BCUT2D eigenvalue weighted by Crippen LogP contribution is 2.15. The number of rotatable bonds is 2. The Kier molecular flexibility index (Phi) is 2.11. The van der Waals surface area contributed by atoms with Gasteiger partial charge in [0.25, 0.3) is 0 Å². The van der Waals surface area contributed by atoms with Crippen molar-refractivity contribution >= 4 is 0 Å². The van der Waals surface area contributed by atoms with Gasteiger partial charge in [-0.3, -0.25) is 0 Å². The van der Waals surface area contributed by atoms with Gasteiger partial charge in [0, 0.05) is 0 Å². The van der Waals surface area contributed by atoms with E-state index in [2.05, 4.69) is 12.6 Å². The van der Waals surface area contributed by atoms with Gasteiger partial charge in [-0.2, -0.15) is 0 Å². The first kappa shape index (κ1) is 6.87. The largest absolute Gasteiger partial charge is 0.508 e. The molecule has 1 aromatic carbocycles. The standard InChI is InChI=1S/C9H9O/c1-2-5-8-6-3-4-7-9(8)10/h2,4,6-7,10H,1,5H2. The van der Waals surface area contributed by atoms with Gasteiger partial charge in [0.1, 0.15) is 5.75 Å². The maximum atomic E-state index is 9.17. The maximum absolute atomic E-state index is 9.17. The molecular formula is C9H9O. The summed E-state index contributed by atoms with van der Waals surface area (Å²) in [6.07, 6.45) is 2.45. The van der Waals surface area contributed by atoms with Gasteiger partial charge in [-0.15, -0.1) is 6.58 Å². The number of hydrogen-bond donors (Lipinski definition) is 1. The number of benzene rings is 1. The number of phenolic OH excluding ortho intramolecular Hbond substituents is 1. The molecule has 1 rings (SSSR count). The zero-order valence-electron chi connectivity index (χ0n) is 5.67. The number of aromatic hydroxyl groups is 1. The van der Waals surface area contributed by atoms with Crippen LogP contribution in [-0.4, -0.2) is 5.11 Å². The topological polar surface area (TPSA) is 20.2 Å². The number of phenols is 1. The van der Waals surface area contributed by atoms with Gasteiger partial charge in [0.15, 0.2) is 0 Å². The Balaban J connectivity index is 2.91. The van der Waals surface area contributed by atoms with E-state index in [1.165, 1.54) is 0 Å². The quantitative estimate of drug-likeness (QED) is 0.611. The van der Waals surface area contributed by atoms with Crippen LogP contribution < -0.4 is 0 Å². The highest BCUT2D eigenvalue weighted by Gasteiger charge is 1.94.